The summed E-state index contributed by atoms with van der Waals surface area (Å²) in [7, 11) is 0. The van der Waals surface area contributed by atoms with E-state index in [2.05, 4.69) is 4.98 Å². The summed E-state index contributed by atoms with van der Waals surface area (Å²) in [6.45, 7) is 0.519. The molecule has 0 aromatic carbocycles. The van der Waals surface area contributed by atoms with Crippen molar-refractivity contribution < 1.29 is 9.53 Å². The van der Waals surface area contributed by atoms with Crippen LogP contribution in [0.5, 0.6) is 0 Å². The molecular weight excluding hydrogens is 228 g/mol. The number of anilines is 1. The Kier molecular flexibility index (Phi) is 4.56. The third-order valence-corrected chi connectivity index (χ3v) is 3.42. The van der Waals surface area contributed by atoms with E-state index in [9.17, 15) is 4.79 Å². The lowest BCUT2D eigenvalue weighted by Crippen LogP contribution is -2.15. The second-order valence-corrected chi connectivity index (χ2v) is 4.93. The summed E-state index contributed by atoms with van der Waals surface area (Å²) < 4.78 is 5.32. The van der Waals surface area contributed by atoms with Crippen LogP contribution in [0.2, 0.25) is 0 Å². The number of carbonyl (C=O) groups is 1. The maximum absolute atomic E-state index is 11.8. The van der Waals surface area contributed by atoms with Gasteiger partial charge in [-0.2, -0.15) is 0 Å². The molecule has 18 heavy (non-hydrogen) atoms. The Bertz CT molecular complexity index is 381. The normalized spacial score (nSPS) is 17.1. The molecule has 1 fully saturated rings. The van der Waals surface area contributed by atoms with Crippen LogP contribution < -0.4 is 5.73 Å². The van der Waals surface area contributed by atoms with Gasteiger partial charge in [0.2, 0.25) is 0 Å². The highest BCUT2D eigenvalue weighted by Gasteiger charge is 2.15. The monoisotopic (exact) mass is 248 g/mol. The van der Waals surface area contributed by atoms with Crippen molar-refractivity contribution in [2.75, 3.05) is 12.3 Å². The van der Waals surface area contributed by atoms with E-state index in [0.29, 0.717) is 23.9 Å². The van der Waals surface area contributed by atoms with Crippen molar-refractivity contribution in [3.05, 3.63) is 24.0 Å². The van der Waals surface area contributed by atoms with E-state index in [1.54, 1.807) is 12.1 Å². The Morgan fingerprint density at radius 1 is 1.28 bits per heavy atom. The first kappa shape index (κ1) is 12.9. The summed E-state index contributed by atoms with van der Waals surface area (Å²) in [5.74, 6) is 0.171. The Morgan fingerprint density at radius 3 is 2.61 bits per heavy atom. The molecule has 1 saturated carbocycles. The molecule has 98 valence electrons. The van der Waals surface area contributed by atoms with Crippen LogP contribution in [0.1, 0.15) is 49.0 Å². The maximum atomic E-state index is 11.8. The number of carbonyl (C=O) groups excluding carboxylic acids is 1. The van der Waals surface area contributed by atoms with Crippen LogP contribution in [-0.2, 0) is 4.74 Å². The molecule has 4 heteroatoms. The zero-order valence-electron chi connectivity index (χ0n) is 10.6. The van der Waals surface area contributed by atoms with Gasteiger partial charge >= 0.3 is 5.97 Å². The largest absolute Gasteiger partial charge is 0.461 e. The third-order valence-electron chi connectivity index (χ3n) is 3.42. The van der Waals surface area contributed by atoms with Crippen molar-refractivity contribution in [1.82, 2.24) is 4.98 Å². The summed E-state index contributed by atoms with van der Waals surface area (Å²) in [5, 5.41) is 0. The lowest BCUT2D eigenvalue weighted by Gasteiger charge is -2.13. The molecule has 1 aliphatic carbocycles. The number of nitrogen functional groups attached to an aromatic ring is 1. The van der Waals surface area contributed by atoms with Crippen molar-refractivity contribution in [1.29, 1.82) is 0 Å². The Balaban J connectivity index is 1.82. The maximum Gasteiger partial charge on any atom is 0.356 e. The molecule has 0 aliphatic heterocycles. The van der Waals surface area contributed by atoms with Gasteiger partial charge in [-0.15, -0.1) is 0 Å². The van der Waals surface area contributed by atoms with Crippen LogP contribution in [0.15, 0.2) is 18.3 Å². The fraction of sp³-hybridized carbons (Fsp3) is 0.571. The van der Waals surface area contributed by atoms with Gasteiger partial charge in [0.25, 0.3) is 0 Å². The molecule has 1 aromatic heterocycles. The highest BCUT2D eigenvalue weighted by atomic mass is 16.5. The van der Waals surface area contributed by atoms with Gasteiger partial charge in [-0.25, -0.2) is 9.78 Å². The first-order valence-corrected chi connectivity index (χ1v) is 6.64. The molecule has 0 unspecified atom stereocenters. The zero-order chi connectivity index (χ0) is 12.8. The average Bonchev–Trinajstić information content (AvgIpc) is 2.65. The Hall–Kier alpha value is -1.58. The average molecular weight is 248 g/mol. The van der Waals surface area contributed by atoms with Crippen molar-refractivity contribution in [3.8, 4) is 0 Å². The van der Waals surface area contributed by atoms with E-state index in [0.717, 1.165) is 0 Å². The molecule has 2 rings (SSSR count). The minimum absolute atomic E-state index is 0.331. The van der Waals surface area contributed by atoms with Gasteiger partial charge in [-0.1, -0.05) is 25.7 Å². The zero-order valence-corrected chi connectivity index (χ0v) is 10.6. The second kappa shape index (κ2) is 6.38. The summed E-state index contributed by atoms with van der Waals surface area (Å²) >= 11 is 0. The predicted octanol–water partition coefficient (Wildman–Crippen LogP) is 2.79. The minimum Gasteiger partial charge on any atom is -0.461 e. The van der Waals surface area contributed by atoms with Crippen molar-refractivity contribution in [3.63, 3.8) is 0 Å². The summed E-state index contributed by atoms with van der Waals surface area (Å²) in [6.07, 6.45) is 8.94. The lowest BCUT2D eigenvalue weighted by atomic mass is 10.0. The van der Waals surface area contributed by atoms with Gasteiger partial charge in [-0.3, -0.25) is 0 Å². The summed E-state index contributed by atoms with van der Waals surface area (Å²) in [4.78, 5) is 15.7. The topological polar surface area (TPSA) is 65.2 Å². The number of esters is 1. The lowest BCUT2D eigenvalue weighted by molar-refractivity contribution is 0.0421. The molecule has 0 atom stereocenters. The van der Waals surface area contributed by atoms with Crippen molar-refractivity contribution in [2.45, 2.75) is 38.5 Å². The summed E-state index contributed by atoms with van der Waals surface area (Å²) in [5.41, 5.74) is 6.40. The SMILES string of the molecule is Nc1ccc(C(=O)OCC2CCCCCC2)nc1. The highest BCUT2D eigenvalue weighted by Crippen LogP contribution is 2.23. The van der Waals surface area contributed by atoms with Gasteiger partial charge in [-0.05, 0) is 30.9 Å². The van der Waals surface area contributed by atoms with Crippen molar-refractivity contribution in [2.24, 2.45) is 5.92 Å². The quantitative estimate of drug-likeness (QED) is 0.660. The first-order valence-electron chi connectivity index (χ1n) is 6.64. The molecule has 0 spiro atoms. The molecule has 0 radical (unpaired) electrons. The van der Waals surface area contributed by atoms with Crippen LogP contribution in [0.4, 0.5) is 5.69 Å². The number of pyridine rings is 1. The van der Waals surface area contributed by atoms with Gasteiger partial charge in [0, 0.05) is 0 Å². The number of rotatable bonds is 3. The molecule has 1 aromatic rings. The van der Waals surface area contributed by atoms with E-state index >= 15 is 0 Å². The van der Waals surface area contributed by atoms with Crippen LogP contribution in [0.25, 0.3) is 0 Å². The minimum atomic E-state index is -0.348. The van der Waals surface area contributed by atoms with Gasteiger partial charge < -0.3 is 10.5 Å². The Labute approximate surface area is 108 Å². The van der Waals surface area contributed by atoms with E-state index in [1.165, 1.54) is 44.7 Å². The molecular formula is C14H20N2O2. The molecule has 0 saturated heterocycles. The van der Waals surface area contributed by atoms with E-state index < -0.39 is 0 Å². The molecule has 2 N–H and O–H groups in total. The van der Waals surface area contributed by atoms with Gasteiger partial charge in [0.05, 0.1) is 18.5 Å². The van der Waals surface area contributed by atoms with Crippen LogP contribution >= 0.6 is 0 Å². The molecule has 0 amide bonds. The number of ether oxygens (including phenoxy) is 1. The molecule has 1 aliphatic rings. The third kappa shape index (κ3) is 3.72. The fourth-order valence-corrected chi connectivity index (χ4v) is 2.32. The summed E-state index contributed by atoms with van der Waals surface area (Å²) in [6, 6.07) is 3.26. The molecule has 0 bridgehead atoms. The molecule has 1 heterocycles. The van der Waals surface area contributed by atoms with Crippen LogP contribution in [0, 0.1) is 5.92 Å². The van der Waals surface area contributed by atoms with Crippen LogP contribution in [0.3, 0.4) is 0 Å². The Morgan fingerprint density at radius 2 is 2.00 bits per heavy atom. The number of nitrogens with two attached hydrogens (primary N) is 1. The number of hydrogen-bond donors (Lipinski definition) is 1. The smallest absolute Gasteiger partial charge is 0.356 e. The molecule has 4 nitrogen and oxygen atoms in total. The number of nitrogens with zero attached hydrogens (tertiary/aromatic N) is 1. The number of aromatic nitrogens is 1. The van der Waals surface area contributed by atoms with Gasteiger partial charge in [0.1, 0.15) is 5.69 Å². The van der Waals surface area contributed by atoms with Crippen LogP contribution in [-0.4, -0.2) is 17.6 Å². The first-order chi connectivity index (χ1) is 8.75. The van der Waals surface area contributed by atoms with Crippen molar-refractivity contribution >= 4 is 11.7 Å². The highest BCUT2D eigenvalue weighted by molar-refractivity contribution is 5.87. The second-order valence-electron chi connectivity index (χ2n) is 4.93. The van der Waals surface area contributed by atoms with E-state index in [4.69, 9.17) is 10.5 Å². The van der Waals surface area contributed by atoms with Gasteiger partial charge in [0.15, 0.2) is 0 Å². The van der Waals surface area contributed by atoms with E-state index in [-0.39, 0.29) is 5.97 Å². The fourth-order valence-electron chi connectivity index (χ4n) is 2.32. The predicted molar refractivity (Wildman–Crippen MR) is 70.1 cm³/mol. The number of hydrogen-bond acceptors (Lipinski definition) is 4. The standard InChI is InChI=1S/C14H20N2O2/c15-12-7-8-13(16-9-12)14(17)18-10-11-5-3-1-2-4-6-11/h7-9,11H,1-6,10,15H2. The van der Waals surface area contributed by atoms with E-state index in [1.807, 2.05) is 0 Å².